The number of hydrogen-bond donors (Lipinski definition) is 1. The van der Waals surface area contributed by atoms with Gasteiger partial charge in [-0.1, -0.05) is 18.2 Å². The van der Waals surface area contributed by atoms with Crippen LogP contribution in [0.3, 0.4) is 0 Å². The molecule has 0 fully saturated rings. The quantitative estimate of drug-likeness (QED) is 0.702. The van der Waals surface area contributed by atoms with E-state index in [0.29, 0.717) is 22.6 Å². The van der Waals surface area contributed by atoms with Crippen LogP contribution in [0.4, 0.5) is 0 Å². The Labute approximate surface area is 161 Å². The molecule has 0 saturated carbocycles. The topological polar surface area (TPSA) is 106 Å². The van der Waals surface area contributed by atoms with Crippen LogP contribution < -0.4 is 4.74 Å². The number of ether oxygens (including phenoxy) is 1. The first-order valence-electron chi connectivity index (χ1n) is 8.38. The maximum absolute atomic E-state index is 12.8. The van der Waals surface area contributed by atoms with Gasteiger partial charge in [0.25, 0.3) is 5.91 Å². The molecular formula is C20H18N4O4. The molecule has 0 bridgehead atoms. The molecule has 8 nitrogen and oxygen atoms in total. The molecule has 0 aliphatic rings. The highest BCUT2D eigenvalue weighted by molar-refractivity contribution is 5.95. The molecule has 1 atom stereocenters. The number of carbonyl (C=O) groups is 2. The Morgan fingerprint density at radius 1 is 1.07 bits per heavy atom. The molecule has 28 heavy (non-hydrogen) atoms. The summed E-state index contributed by atoms with van der Waals surface area (Å²) in [6.07, 6.45) is 6.22. The normalized spacial score (nSPS) is 11.5. The molecule has 2 heterocycles. The van der Waals surface area contributed by atoms with Gasteiger partial charge < -0.3 is 14.7 Å². The average Bonchev–Trinajstić information content (AvgIpc) is 2.74. The smallest absolute Gasteiger partial charge is 0.331 e. The maximum Gasteiger partial charge on any atom is 0.331 e. The lowest BCUT2D eigenvalue weighted by Gasteiger charge is -2.26. The lowest BCUT2D eigenvalue weighted by molar-refractivity contribution is -0.142. The van der Waals surface area contributed by atoms with Crippen molar-refractivity contribution in [3.8, 4) is 17.0 Å². The van der Waals surface area contributed by atoms with Crippen LogP contribution in [0, 0.1) is 0 Å². The highest BCUT2D eigenvalue weighted by atomic mass is 16.5. The number of aromatic nitrogens is 3. The number of carbonyl (C=O) groups excluding carboxylic acids is 1. The minimum absolute atomic E-state index is 0.122. The Bertz CT molecular complexity index is 977. The van der Waals surface area contributed by atoms with E-state index in [1.165, 1.54) is 26.4 Å². The molecule has 2 aromatic heterocycles. The molecule has 0 aliphatic heterocycles. The molecule has 3 rings (SSSR count). The zero-order valence-electron chi connectivity index (χ0n) is 15.3. The maximum atomic E-state index is 12.8. The minimum atomic E-state index is -1.22. The summed E-state index contributed by atoms with van der Waals surface area (Å²) in [5.74, 6) is -1.30. The van der Waals surface area contributed by atoms with Crippen LogP contribution in [0.2, 0.25) is 0 Å². The number of likely N-dealkylation sites (N-methyl/N-ethyl adjacent to an activating group) is 1. The van der Waals surface area contributed by atoms with Crippen molar-refractivity contribution in [2.45, 2.75) is 6.04 Å². The largest absolute Gasteiger partial charge is 0.496 e. The van der Waals surface area contributed by atoms with E-state index in [1.807, 2.05) is 0 Å². The summed E-state index contributed by atoms with van der Waals surface area (Å²) in [4.78, 5) is 38.2. The van der Waals surface area contributed by atoms with Gasteiger partial charge in [0.05, 0.1) is 19.0 Å². The van der Waals surface area contributed by atoms with E-state index in [-0.39, 0.29) is 5.69 Å². The summed E-state index contributed by atoms with van der Waals surface area (Å²) in [7, 11) is 2.87. The Morgan fingerprint density at radius 2 is 1.86 bits per heavy atom. The second-order valence-electron chi connectivity index (χ2n) is 5.92. The zero-order chi connectivity index (χ0) is 20.1. The molecule has 1 aromatic carbocycles. The third-order valence-electron chi connectivity index (χ3n) is 4.22. The summed E-state index contributed by atoms with van der Waals surface area (Å²) >= 11 is 0. The number of para-hydroxylation sites is 1. The number of benzene rings is 1. The zero-order valence-corrected chi connectivity index (χ0v) is 15.3. The standard InChI is InChI=1S/C20H18N4O4/c1-24(18(20(26)27)14-5-3-4-6-17(14)28-2)19(25)15-8-7-13(11-23-15)16-12-21-9-10-22-16/h3-12,18H,1-2H3,(H,26,27). The van der Waals surface area contributed by atoms with Crippen LogP contribution in [0.1, 0.15) is 22.1 Å². The lowest BCUT2D eigenvalue weighted by atomic mass is 10.0. The molecule has 0 saturated heterocycles. The van der Waals surface area contributed by atoms with E-state index < -0.39 is 17.9 Å². The molecular weight excluding hydrogens is 360 g/mol. The average molecular weight is 378 g/mol. The van der Waals surface area contributed by atoms with Gasteiger partial charge in [-0.3, -0.25) is 19.7 Å². The molecule has 1 N–H and O–H groups in total. The number of hydrogen-bond acceptors (Lipinski definition) is 6. The van der Waals surface area contributed by atoms with Crippen molar-refractivity contribution in [1.29, 1.82) is 0 Å². The highest BCUT2D eigenvalue weighted by Crippen LogP contribution is 2.29. The molecule has 0 spiro atoms. The van der Waals surface area contributed by atoms with Gasteiger partial charge in [-0.2, -0.15) is 0 Å². The van der Waals surface area contributed by atoms with Crippen molar-refractivity contribution in [2.75, 3.05) is 14.2 Å². The van der Waals surface area contributed by atoms with Gasteiger partial charge in [0.2, 0.25) is 0 Å². The number of aliphatic carboxylic acids is 1. The van der Waals surface area contributed by atoms with E-state index in [1.54, 1.807) is 48.9 Å². The van der Waals surface area contributed by atoms with Gasteiger partial charge in [-0.15, -0.1) is 0 Å². The van der Waals surface area contributed by atoms with Crippen molar-refractivity contribution in [3.63, 3.8) is 0 Å². The second-order valence-corrected chi connectivity index (χ2v) is 5.92. The third kappa shape index (κ3) is 3.80. The summed E-state index contributed by atoms with van der Waals surface area (Å²) in [5.41, 5.74) is 1.83. The van der Waals surface area contributed by atoms with Crippen LogP contribution in [0.15, 0.2) is 61.2 Å². The predicted molar refractivity (Wildman–Crippen MR) is 101 cm³/mol. The number of carboxylic acids is 1. The number of nitrogens with zero attached hydrogens (tertiary/aromatic N) is 4. The molecule has 1 unspecified atom stereocenters. The fourth-order valence-electron chi connectivity index (χ4n) is 2.82. The van der Waals surface area contributed by atoms with E-state index in [0.717, 1.165) is 4.90 Å². The Hall–Kier alpha value is -3.81. The molecule has 3 aromatic rings. The fourth-order valence-corrected chi connectivity index (χ4v) is 2.82. The van der Waals surface area contributed by atoms with E-state index in [2.05, 4.69) is 15.0 Å². The van der Waals surface area contributed by atoms with Crippen molar-refractivity contribution < 1.29 is 19.4 Å². The number of amides is 1. The van der Waals surface area contributed by atoms with Crippen LogP contribution in [0.5, 0.6) is 5.75 Å². The van der Waals surface area contributed by atoms with Crippen LogP contribution in [-0.4, -0.2) is 51.0 Å². The van der Waals surface area contributed by atoms with Gasteiger partial charge in [-0.25, -0.2) is 4.79 Å². The SMILES string of the molecule is COc1ccccc1C(C(=O)O)N(C)C(=O)c1ccc(-c2cnccn2)cn1. The number of pyridine rings is 1. The van der Waals surface area contributed by atoms with Crippen molar-refractivity contribution in [1.82, 2.24) is 19.9 Å². The Kier molecular flexibility index (Phi) is 5.59. The van der Waals surface area contributed by atoms with E-state index in [9.17, 15) is 14.7 Å². The number of rotatable bonds is 6. The van der Waals surface area contributed by atoms with Crippen LogP contribution in [-0.2, 0) is 4.79 Å². The Balaban J connectivity index is 1.88. The van der Waals surface area contributed by atoms with E-state index in [4.69, 9.17) is 4.74 Å². The van der Waals surface area contributed by atoms with E-state index >= 15 is 0 Å². The first-order valence-corrected chi connectivity index (χ1v) is 8.38. The lowest BCUT2D eigenvalue weighted by Crippen LogP contribution is -2.36. The van der Waals surface area contributed by atoms with Gasteiger partial charge in [-0.05, 0) is 18.2 Å². The first kappa shape index (κ1) is 19.0. The monoisotopic (exact) mass is 378 g/mol. The molecule has 8 heteroatoms. The van der Waals surface area contributed by atoms with Crippen molar-refractivity contribution in [3.05, 3.63) is 72.4 Å². The molecule has 0 aliphatic carbocycles. The van der Waals surface area contributed by atoms with Gasteiger partial charge >= 0.3 is 5.97 Å². The van der Waals surface area contributed by atoms with Crippen LogP contribution in [0.25, 0.3) is 11.3 Å². The van der Waals surface area contributed by atoms with Gasteiger partial charge in [0.1, 0.15) is 11.4 Å². The number of carboxylic acid groups (broad SMARTS) is 1. The summed E-state index contributed by atoms with van der Waals surface area (Å²) < 4.78 is 5.25. The van der Waals surface area contributed by atoms with Crippen LogP contribution >= 0.6 is 0 Å². The van der Waals surface area contributed by atoms with Crippen molar-refractivity contribution in [2.24, 2.45) is 0 Å². The first-order chi connectivity index (χ1) is 13.5. The number of methoxy groups -OCH3 is 1. The highest BCUT2D eigenvalue weighted by Gasteiger charge is 2.31. The minimum Gasteiger partial charge on any atom is -0.496 e. The fraction of sp³-hybridized carbons (Fsp3) is 0.150. The van der Waals surface area contributed by atoms with Gasteiger partial charge in [0, 0.05) is 36.8 Å². The summed E-state index contributed by atoms with van der Waals surface area (Å²) in [6.45, 7) is 0. The second kappa shape index (κ2) is 8.26. The van der Waals surface area contributed by atoms with Gasteiger partial charge in [0.15, 0.2) is 6.04 Å². The summed E-state index contributed by atoms with van der Waals surface area (Å²) in [5, 5.41) is 9.72. The molecule has 142 valence electrons. The molecule has 0 radical (unpaired) electrons. The van der Waals surface area contributed by atoms with Crippen molar-refractivity contribution >= 4 is 11.9 Å². The Morgan fingerprint density at radius 3 is 2.46 bits per heavy atom. The third-order valence-corrected chi connectivity index (χ3v) is 4.22. The predicted octanol–water partition coefficient (Wildman–Crippen LogP) is 2.45. The molecule has 1 amide bonds. The summed E-state index contributed by atoms with van der Waals surface area (Å²) in [6, 6.07) is 8.70.